The van der Waals surface area contributed by atoms with E-state index >= 15 is 0 Å². The highest BCUT2D eigenvalue weighted by Crippen LogP contribution is 2.18. The molecule has 0 fully saturated rings. The Morgan fingerprint density at radius 3 is 2.71 bits per heavy atom. The number of aryl methyl sites for hydroxylation is 2. The number of nitrogens with zero attached hydrogens (tertiary/aromatic N) is 2. The highest BCUT2D eigenvalue weighted by atomic mass is 32.2. The SMILES string of the molecule is CCSc1ccc(CCCn2ccnc2)cc1. The summed E-state index contributed by atoms with van der Waals surface area (Å²) in [6.07, 6.45) is 8.02. The molecule has 3 heteroatoms. The zero-order chi connectivity index (χ0) is 11.9. The molecule has 0 radical (unpaired) electrons. The fourth-order valence-electron chi connectivity index (χ4n) is 1.80. The van der Waals surface area contributed by atoms with Gasteiger partial charge in [0.25, 0.3) is 0 Å². The van der Waals surface area contributed by atoms with E-state index in [9.17, 15) is 0 Å². The van der Waals surface area contributed by atoms with Gasteiger partial charge in [0.15, 0.2) is 0 Å². The van der Waals surface area contributed by atoms with Crippen molar-refractivity contribution in [3.8, 4) is 0 Å². The Kier molecular flexibility index (Phi) is 4.68. The molecule has 17 heavy (non-hydrogen) atoms. The van der Waals surface area contributed by atoms with Gasteiger partial charge in [-0.1, -0.05) is 19.1 Å². The lowest BCUT2D eigenvalue weighted by molar-refractivity contribution is 0.642. The van der Waals surface area contributed by atoms with Crippen molar-refractivity contribution in [2.75, 3.05) is 5.75 Å². The number of hydrogen-bond donors (Lipinski definition) is 0. The Morgan fingerprint density at radius 2 is 2.06 bits per heavy atom. The number of aromatic nitrogens is 2. The van der Waals surface area contributed by atoms with Crippen LogP contribution in [0, 0.1) is 0 Å². The molecule has 0 amide bonds. The van der Waals surface area contributed by atoms with Gasteiger partial charge in [-0.15, -0.1) is 11.8 Å². The maximum atomic E-state index is 4.04. The van der Waals surface area contributed by atoms with E-state index in [4.69, 9.17) is 0 Å². The molecule has 2 rings (SSSR count). The minimum absolute atomic E-state index is 1.05. The first-order chi connectivity index (χ1) is 8.38. The van der Waals surface area contributed by atoms with Gasteiger partial charge in [-0.3, -0.25) is 0 Å². The number of imidazole rings is 1. The van der Waals surface area contributed by atoms with Crippen LogP contribution in [0.15, 0.2) is 47.9 Å². The number of benzene rings is 1. The normalized spacial score (nSPS) is 10.6. The van der Waals surface area contributed by atoms with Gasteiger partial charge in [0, 0.05) is 23.8 Å². The molecule has 0 atom stereocenters. The van der Waals surface area contributed by atoms with E-state index in [0.717, 1.165) is 25.1 Å². The summed E-state index contributed by atoms with van der Waals surface area (Å²) in [6, 6.07) is 8.93. The van der Waals surface area contributed by atoms with Gasteiger partial charge in [0.05, 0.1) is 6.33 Å². The maximum Gasteiger partial charge on any atom is 0.0945 e. The van der Waals surface area contributed by atoms with E-state index in [2.05, 4.69) is 40.7 Å². The lowest BCUT2D eigenvalue weighted by Gasteiger charge is -2.04. The predicted octanol–water partition coefficient (Wildman–Crippen LogP) is 3.63. The van der Waals surface area contributed by atoms with Crippen LogP contribution in [0.25, 0.3) is 0 Å². The van der Waals surface area contributed by atoms with Crippen LogP contribution in [0.4, 0.5) is 0 Å². The van der Waals surface area contributed by atoms with Crippen molar-refractivity contribution >= 4 is 11.8 Å². The third kappa shape index (κ3) is 3.93. The highest BCUT2D eigenvalue weighted by Gasteiger charge is 1.96. The summed E-state index contributed by atoms with van der Waals surface area (Å²) < 4.78 is 2.13. The Morgan fingerprint density at radius 1 is 1.24 bits per heavy atom. The van der Waals surface area contributed by atoms with Gasteiger partial charge in [0.1, 0.15) is 0 Å². The molecule has 1 heterocycles. The van der Waals surface area contributed by atoms with Crippen molar-refractivity contribution < 1.29 is 0 Å². The zero-order valence-electron chi connectivity index (χ0n) is 10.2. The molecule has 1 aromatic carbocycles. The lowest BCUT2D eigenvalue weighted by atomic mass is 10.1. The second-order valence-corrected chi connectivity index (χ2v) is 5.32. The van der Waals surface area contributed by atoms with Gasteiger partial charge < -0.3 is 4.57 Å². The van der Waals surface area contributed by atoms with E-state index < -0.39 is 0 Å². The summed E-state index contributed by atoms with van der Waals surface area (Å²) in [7, 11) is 0. The van der Waals surface area contributed by atoms with E-state index in [1.54, 1.807) is 0 Å². The Labute approximate surface area is 107 Å². The molecule has 90 valence electrons. The van der Waals surface area contributed by atoms with Crippen LogP contribution < -0.4 is 0 Å². The average Bonchev–Trinajstić information content (AvgIpc) is 2.85. The fraction of sp³-hybridized carbons (Fsp3) is 0.357. The Balaban J connectivity index is 1.79. The van der Waals surface area contributed by atoms with Gasteiger partial charge in [0.2, 0.25) is 0 Å². The van der Waals surface area contributed by atoms with Crippen LogP contribution in [0.2, 0.25) is 0 Å². The molecular weight excluding hydrogens is 228 g/mol. The molecule has 0 N–H and O–H groups in total. The summed E-state index contributed by atoms with van der Waals surface area (Å²) in [4.78, 5) is 5.41. The van der Waals surface area contributed by atoms with E-state index in [1.807, 2.05) is 30.5 Å². The van der Waals surface area contributed by atoms with Crippen molar-refractivity contribution in [1.82, 2.24) is 9.55 Å². The van der Waals surface area contributed by atoms with Crippen LogP contribution in [-0.4, -0.2) is 15.3 Å². The van der Waals surface area contributed by atoms with Crippen molar-refractivity contribution in [1.29, 1.82) is 0 Å². The van der Waals surface area contributed by atoms with Crippen LogP contribution in [0.3, 0.4) is 0 Å². The first-order valence-electron chi connectivity index (χ1n) is 6.06. The van der Waals surface area contributed by atoms with Gasteiger partial charge in [-0.2, -0.15) is 0 Å². The predicted molar refractivity (Wildman–Crippen MR) is 73.4 cm³/mol. The van der Waals surface area contributed by atoms with Gasteiger partial charge >= 0.3 is 0 Å². The van der Waals surface area contributed by atoms with E-state index in [1.165, 1.54) is 10.5 Å². The topological polar surface area (TPSA) is 17.8 Å². The molecule has 0 aliphatic rings. The van der Waals surface area contributed by atoms with E-state index in [-0.39, 0.29) is 0 Å². The molecule has 0 saturated heterocycles. The van der Waals surface area contributed by atoms with Gasteiger partial charge in [-0.05, 0) is 36.3 Å². The minimum Gasteiger partial charge on any atom is -0.337 e. The van der Waals surface area contributed by atoms with Crippen LogP contribution in [-0.2, 0) is 13.0 Å². The third-order valence-electron chi connectivity index (χ3n) is 2.68. The molecule has 1 aromatic heterocycles. The second kappa shape index (κ2) is 6.50. The molecule has 0 bridgehead atoms. The van der Waals surface area contributed by atoms with Crippen LogP contribution in [0.1, 0.15) is 18.9 Å². The van der Waals surface area contributed by atoms with Crippen molar-refractivity contribution in [3.63, 3.8) is 0 Å². The standard InChI is InChI=1S/C14H18N2S/c1-2-17-14-7-5-13(6-8-14)4-3-10-16-11-9-15-12-16/h5-9,11-12H,2-4,10H2,1H3. The third-order valence-corrected chi connectivity index (χ3v) is 3.57. The summed E-state index contributed by atoms with van der Waals surface area (Å²) in [5.74, 6) is 1.14. The summed E-state index contributed by atoms with van der Waals surface area (Å²) in [6.45, 7) is 3.23. The van der Waals surface area contributed by atoms with Crippen molar-refractivity contribution in [2.45, 2.75) is 31.2 Å². The Bertz CT molecular complexity index is 420. The zero-order valence-corrected chi connectivity index (χ0v) is 11.0. The summed E-state index contributed by atoms with van der Waals surface area (Å²) in [5.41, 5.74) is 1.42. The summed E-state index contributed by atoms with van der Waals surface area (Å²) in [5, 5.41) is 0. The molecule has 0 unspecified atom stereocenters. The molecule has 2 aromatic rings. The van der Waals surface area contributed by atoms with Crippen molar-refractivity contribution in [3.05, 3.63) is 48.5 Å². The second-order valence-electron chi connectivity index (χ2n) is 3.98. The molecule has 2 nitrogen and oxygen atoms in total. The van der Waals surface area contributed by atoms with Gasteiger partial charge in [-0.25, -0.2) is 4.98 Å². The minimum atomic E-state index is 1.05. The highest BCUT2D eigenvalue weighted by molar-refractivity contribution is 7.99. The summed E-state index contributed by atoms with van der Waals surface area (Å²) >= 11 is 1.89. The number of thioether (sulfide) groups is 1. The number of rotatable bonds is 6. The molecule has 0 saturated carbocycles. The van der Waals surface area contributed by atoms with Crippen molar-refractivity contribution in [2.24, 2.45) is 0 Å². The van der Waals surface area contributed by atoms with E-state index in [0.29, 0.717) is 0 Å². The molecular formula is C14H18N2S. The Hall–Kier alpha value is -1.22. The molecule has 0 aliphatic heterocycles. The molecule has 0 aliphatic carbocycles. The smallest absolute Gasteiger partial charge is 0.0945 e. The average molecular weight is 246 g/mol. The largest absolute Gasteiger partial charge is 0.337 e. The lowest BCUT2D eigenvalue weighted by Crippen LogP contribution is -1.96. The fourth-order valence-corrected chi connectivity index (χ4v) is 2.47. The van der Waals surface area contributed by atoms with Crippen LogP contribution in [0.5, 0.6) is 0 Å². The van der Waals surface area contributed by atoms with Crippen LogP contribution >= 0.6 is 11.8 Å². The quantitative estimate of drug-likeness (QED) is 0.724. The molecule has 0 spiro atoms. The monoisotopic (exact) mass is 246 g/mol. The first-order valence-corrected chi connectivity index (χ1v) is 7.04. The first kappa shape index (κ1) is 12.2. The maximum absolute atomic E-state index is 4.04. The number of hydrogen-bond acceptors (Lipinski definition) is 2.